The van der Waals surface area contributed by atoms with Gasteiger partial charge >= 0.3 is 0 Å². The van der Waals surface area contributed by atoms with Crippen molar-refractivity contribution >= 4 is 5.78 Å². The SMILES string of the molecule is COC[C@H]1[C@@H]2C3=C(C(=O)[C@@H]2O[C@@]12OC[C@H](C)[C@@H](OC)[C@@H]2OC)[C@@H]1CC=C2C[C@@H](OC)C[C@@H](O[C@@H]4OC[C@H](OC)[C@H](O[C@@H]5OC[C@@H](OC)[C@H](OC)[C@H]5OC)[C@H]4O[C@@H]4O[C@@H](C)[C@H](OC)[C@@H](OC)[C@H]4OC)[C@]2(C)[C@H]1CC3. The minimum atomic E-state index is -1.21. The van der Waals surface area contributed by atoms with Crippen LogP contribution in [-0.2, 0) is 94.8 Å². The maximum Gasteiger partial charge on any atom is 0.203 e. The molecule has 9 rings (SSSR count). The van der Waals surface area contributed by atoms with Gasteiger partial charge in [-0.1, -0.05) is 31.1 Å². The summed E-state index contributed by atoms with van der Waals surface area (Å²) in [5.74, 6) is -1.74. The molecule has 1 saturated carbocycles. The van der Waals surface area contributed by atoms with E-state index in [-0.39, 0.29) is 60.8 Å². The third-order valence-corrected chi connectivity index (χ3v) is 18.5. The molecular formula is C53H84O20. The fourth-order valence-corrected chi connectivity index (χ4v) is 14.9. The lowest BCUT2D eigenvalue weighted by Gasteiger charge is -2.57. The molecule has 0 aromatic carbocycles. The molecule has 5 saturated heterocycles. The molecule has 0 radical (unpaired) electrons. The molecule has 20 heteroatoms. The molecular weight excluding hydrogens is 957 g/mol. The van der Waals surface area contributed by atoms with E-state index < -0.39 is 109 Å². The second-order valence-electron chi connectivity index (χ2n) is 21.6. The molecule has 0 bridgehead atoms. The Hall–Kier alpha value is -1.61. The van der Waals surface area contributed by atoms with E-state index in [0.29, 0.717) is 32.5 Å². The van der Waals surface area contributed by atoms with E-state index in [4.69, 9.17) is 90.0 Å². The number of hydrogen-bond acceptors (Lipinski definition) is 20. The largest absolute Gasteiger partial charge is 0.384 e. The molecule has 0 aromatic rings. The van der Waals surface area contributed by atoms with Gasteiger partial charge in [0, 0.05) is 113 Å². The van der Waals surface area contributed by atoms with E-state index in [2.05, 4.69) is 19.9 Å². The highest BCUT2D eigenvalue weighted by Crippen LogP contribution is 2.64. The van der Waals surface area contributed by atoms with E-state index in [1.54, 1.807) is 78.2 Å². The van der Waals surface area contributed by atoms with E-state index >= 15 is 4.79 Å². The minimum Gasteiger partial charge on any atom is -0.384 e. The lowest BCUT2D eigenvalue weighted by Crippen LogP contribution is -2.66. The first kappa shape index (κ1) is 56.1. The monoisotopic (exact) mass is 1040 g/mol. The number of rotatable bonds is 18. The van der Waals surface area contributed by atoms with Crippen molar-refractivity contribution in [1.29, 1.82) is 0 Å². The van der Waals surface area contributed by atoms with Crippen LogP contribution in [0.2, 0.25) is 0 Å². The van der Waals surface area contributed by atoms with Crippen LogP contribution in [0.4, 0.5) is 0 Å². The summed E-state index contributed by atoms with van der Waals surface area (Å²) in [4.78, 5) is 15.2. The topological polar surface area (TPSA) is 192 Å². The molecule has 20 nitrogen and oxygen atoms in total. The minimum absolute atomic E-state index is 0.0169. The molecule has 1 spiro atoms. The van der Waals surface area contributed by atoms with Gasteiger partial charge in [0.2, 0.25) is 5.79 Å². The maximum atomic E-state index is 15.2. The van der Waals surface area contributed by atoms with Crippen molar-refractivity contribution in [2.75, 3.05) is 105 Å². The van der Waals surface area contributed by atoms with Crippen LogP contribution in [0.25, 0.3) is 0 Å². The number of allylic oxidation sites excluding steroid dienone is 1. The van der Waals surface area contributed by atoms with E-state index in [1.807, 2.05) is 6.92 Å². The molecule has 73 heavy (non-hydrogen) atoms. The Morgan fingerprint density at radius 3 is 1.90 bits per heavy atom. The van der Waals surface area contributed by atoms with Crippen LogP contribution in [-0.4, -0.2) is 227 Å². The number of fused-ring (bicyclic) bond motifs is 6. The van der Waals surface area contributed by atoms with E-state index in [9.17, 15) is 0 Å². The number of Topliss-reactive ketones (excluding diaryl/α,β-unsaturated/α-hetero) is 1. The lowest BCUT2D eigenvalue weighted by molar-refractivity contribution is -0.386. The molecule has 416 valence electrons. The standard InChI is InChI=1S/C53H84O20/c1-25-21-68-53(48(65-14)39(25)59-8)32(22-55-4)37-30-17-18-31-29(36(30)38(54)43(37)73-53)16-15-27-19-28(56-5)20-35(52(27,31)3)70-50-47(72-51-46(64-13)44(62-11)40(60-9)26(2)69-51)42(34(58-7)24-67-50)71-49-45(63-12)41(61-10)33(57-6)23-66-49/h15,25-26,28-29,31-35,37,39-51H,16-24H2,1-14H3/t25-,26-,28+,29+,31-,32-,33+,34-,35+,37-,39+,40-,41-,42-,43+,44+,45+,46+,47+,48-,49-,50-,51-,52-,53-/m0/s1. The predicted octanol–water partition coefficient (Wildman–Crippen LogP) is 3.43. The number of carbonyl (C=O) groups excluding carboxylic acids is 1. The van der Waals surface area contributed by atoms with Crippen molar-refractivity contribution in [3.63, 3.8) is 0 Å². The Morgan fingerprint density at radius 1 is 0.658 bits per heavy atom. The van der Waals surface area contributed by atoms with Gasteiger partial charge in [-0.15, -0.1) is 0 Å². The Labute approximate surface area is 431 Å². The zero-order valence-electron chi connectivity index (χ0n) is 45.4. The summed E-state index contributed by atoms with van der Waals surface area (Å²) in [6, 6.07) is 0. The third kappa shape index (κ3) is 9.48. The number of carbonyl (C=O) groups is 1. The summed E-state index contributed by atoms with van der Waals surface area (Å²) in [5, 5.41) is 0. The van der Waals surface area contributed by atoms with Gasteiger partial charge in [-0.2, -0.15) is 0 Å². The van der Waals surface area contributed by atoms with Gasteiger partial charge in [-0.3, -0.25) is 4.79 Å². The number of ketones is 1. The van der Waals surface area contributed by atoms with Crippen LogP contribution in [0.5, 0.6) is 0 Å². The molecule has 0 N–H and O–H groups in total. The fourth-order valence-electron chi connectivity index (χ4n) is 14.9. The van der Waals surface area contributed by atoms with Gasteiger partial charge in [-0.05, 0) is 44.4 Å². The quantitative estimate of drug-likeness (QED) is 0.181. The summed E-state index contributed by atoms with van der Waals surface area (Å²) in [5.41, 5.74) is 2.70. The van der Waals surface area contributed by atoms with Crippen molar-refractivity contribution in [1.82, 2.24) is 0 Å². The van der Waals surface area contributed by atoms with Gasteiger partial charge < -0.3 is 90.0 Å². The van der Waals surface area contributed by atoms with Crippen LogP contribution in [0.3, 0.4) is 0 Å². The van der Waals surface area contributed by atoms with Crippen molar-refractivity contribution in [3.8, 4) is 0 Å². The lowest BCUT2D eigenvalue weighted by atomic mass is 9.51. The first-order chi connectivity index (χ1) is 35.3. The van der Waals surface area contributed by atoms with Gasteiger partial charge in [0.1, 0.15) is 67.1 Å². The van der Waals surface area contributed by atoms with Crippen LogP contribution in [0, 0.1) is 35.0 Å². The smallest absolute Gasteiger partial charge is 0.203 e. The van der Waals surface area contributed by atoms with Crippen LogP contribution in [0.1, 0.15) is 52.9 Å². The molecule has 5 heterocycles. The van der Waals surface area contributed by atoms with Crippen molar-refractivity contribution in [3.05, 3.63) is 22.8 Å². The van der Waals surface area contributed by atoms with Gasteiger partial charge in [0.15, 0.2) is 24.7 Å². The zero-order chi connectivity index (χ0) is 52.1. The highest BCUT2D eigenvalue weighted by atomic mass is 16.8. The molecule has 5 aliphatic heterocycles. The first-order valence-corrected chi connectivity index (χ1v) is 26.2. The molecule has 0 amide bonds. The van der Waals surface area contributed by atoms with Crippen molar-refractivity contribution in [2.45, 2.75) is 169 Å². The molecule has 6 fully saturated rings. The number of hydrogen-bond donors (Lipinski definition) is 0. The normalized spacial score (nSPS) is 48.8. The Kier molecular flexibility index (Phi) is 18.0. The number of ether oxygens (including phenoxy) is 19. The summed E-state index contributed by atoms with van der Waals surface area (Å²) < 4.78 is 121. The zero-order valence-corrected chi connectivity index (χ0v) is 45.4. The molecule has 0 aromatic heterocycles. The van der Waals surface area contributed by atoms with Gasteiger partial charge in [0.05, 0.1) is 50.8 Å². The molecule has 4 aliphatic carbocycles. The second kappa shape index (κ2) is 23.4. The highest BCUT2D eigenvalue weighted by molar-refractivity contribution is 6.04. The molecule has 25 atom stereocenters. The number of methoxy groups -OCH3 is 11. The van der Waals surface area contributed by atoms with Gasteiger partial charge in [0.25, 0.3) is 0 Å². The van der Waals surface area contributed by atoms with Crippen LogP contribution < -0.4 is 0 Å². The Bertz CT molecular complexity index is 1940. The van der Waals surface area contributed by atoms with Crippen molar-refractivity contribution < 1.29 is 94.8 Å². The summed E-state index contributed by atoms with van der Waals surface area (Å²) in [6.45, 7) is 7.28. The Morgan fingerprint density at radius 2 is 1.29 bits per heavy atom. The third-order valence-electron chi connectivity index (χ3n) is 18.5. The maximum absolute atomic E-state index is 15.2. The predicted molar refractivity (Wildman–Crippen MR) is 256 cm³/mol. The second-order valence-corrected chi connectivity index (χ2v) is 21.6. The van der Waals surface area contributed by atoms with Crippen LogP contribution >= 0.6 is 0 Å². The first-order valence-electron chi connectivity index (χ1n) is 26.2. The van der Waals surface area contributed by atoms with E-state index in [1.165, 1.54) is 5.57 Å². The summed E-state index contributed by atoms with van der Waals surface area (Å²) >= 11 is 0. The molecule has 0 unspecified atom stereocenters. The summed E-state index contributed by atoms with van der Waals surface area (Å²) in [7, 11) is 18.0. The fraction of sp³-hybridized carbons (Fsp3) is 0.906. The average Bonchev–Trinajstić information content (AvgIpc) is 3.86. The van der Waals surface area contributed by atoms with Crippen LogP contribution in [0.15, 0.2) is 22.8 Å². The highest BCUT2D eigenvalue weighted by Gasteiger charge is 2.70. The van der Waals surface area contributed by atoms with Gasteiger partial charge in [-0.25, -0.2) is 0 Å². The summed E-state index contributed by atoms with van der Waals surface area (Å²) in [6.07, 6.45) is -5.75. The van der Waals surface area contributed by atoms with Crippen molar-refractivity contribution in [2.24, 2.45) is 35.0 Å². The van der Waals surface area contributed by atoms with E-state index in [0.717, 1.165) is 24.0 Å². The Balaban J connectivity index is 1.06. The molecule has 9 aliphatic rings. The average molecular weight is 1040 g/mol.